The molecule has 0 aliphatic carbocycles. The molecular formula is C16H17FN2O7. The molecule has 140 valence electrons. The van der Waals surface area contributed by atoms with Crippen LogP contribution in [0.5, 0.6) is 11.5 Å². The highest BCUT2D eigenvalue weighted by molar-refractivity contribution is 5.70. The molecule has 26 heavy (non-hydrogen) atoms. The van der Waals surface area contributed by atoms with Gasteiger partial charge >= 0.3 is 11.7 Å². The average molecular weight is 368 g/mol. The number of esters is 1. The molecule has 2 rings (SSSR count). The number of aliphatic hydroxyl groups is 1. The molecule has 1 atom stereocenters. The summed E-state index contributed by atoms with van der Waals surface area (Å²) in [5.74, 6) is -1.41. The van der Waals surface area contributed by atoms with Crippen molar-refractivity contribution in [1.82, 2.24) is 9.55 Å². The molecule has 0 aliphatic rings. The van der Waals surface area contributed by atoms with Gasteiger partial charge in [-0.2, -0.15) is 4.39 Å². The second-order valence-corrected chi connectivity index (χ2v) is 5.09. The van der Waals surface area contributed by atoms with Crippen molar-refractivity contribution >= 4 is 5.97 Å². The smallest absolute Gasteiger partial charge is 0.330 e. The van der Waals surface area contributed by atoms with Crippen LogP contribution in [0.3, 0.4) is 0 Å². The normalized spacial score (nSPS) is 11.8. The molecule has 9 nitrogen and oxygen atoms in total. The third-order valence-corrected chi connectivity index (χ3v) is 3.27. The summed E-state index contributed by atoms with van der Waals surface area (Å²) in [6.45, 7) is 0.717. The highest BCUT2D eigenvalue weighted by Gasteiger charge is 2.20. The van der Waals surface area contributed by atoms with Crippen molar-refractivity contribution in [3.05, 3.63) is 56.6 Å². The number of halogens is 1. The van der Waals surface area contributed by atoms with Crippen LogP contribution < -0.4 is 20.7 Å². The molecule has 1 aromatic carbocycles. The van der Waals surface area contributed by atoms with E-state index in [0.717, 1.165) is 4.57 Å². The zero-order valence-corrected chi connectivity index (χ0v) is 14.0. The number of aromatic nitrogens is 2. The Kier molecular flexibility index (Phi) is 6.26. The maximum atomic E-state index is 13.6. The van der Waals surface area contributed by atoms with Gasteiger partial charge in [-0.15, -0.1) is 0 Å². The topological polar surface area (TPSA) is 120 Å². The van der Waals surface area contributed by atoms with Crippen LogP contribution in [-0.4, -0.2) is 41.0 Å². The van der Waals surface area contributed by atoms with Crippen molar-refractivity contribution in [2.75, 3.05) is 20.3 Å². The second-order valence-electron chi connectivity index (χ2n) is 5.09. The summed E-state index contributed by atoms with van der Waals surface area (Å²) in [7, 11) is 1.35. The summed E-state index contributed by atoms with van der Waals surface area (Å²) in [4.78, 5) is 36.2. The number of methoxy groups -OCH3 is 1. The van der Waals surface area contributed by atoms with Gasteiger partial charge in [0.1, 0.15) is 0 Å². The zero-order valence-electron chi connectivity index (χ0n) is 14.0. The standard InChI is InChI=1S/C16H17FN2O7/c1-9(21)26-12-4-3-10(7-13(12)24-2)15(25-6-5-20)19-8-11(17)14(22)18-16(19)23/h3-4,7-8,15,20H,5-6H2,1-2H3,(H,18,22,23). The molecule has 0 spiro atoms. The fourth-order valence-corrected chi connectivity index (χ4v) is 2.21. The van der Waals surface area contributed by atoms with Crippen LogP contribution in [0.25, 0.3) is 0 Å². The van der Waals surface area contributed by atoms with Gasteiger partial charge < -0.3 is 19.3 Å². The largest absolute Gasteiger partial charge is 0.493 e. The maximum Gasteiger partial charge on any atom is 0.330 e. The molecule has 10 heteroatoms. The van der Waals surface area contributed by atoms with Gasteiger partial charge in [0.25, 0.3) is 5.56 Å². The van der Waals surface area contributed by atoms with Gasteiger partial charge in [-0.1, -0.05) is 6.07 Å². The predicted octanol–water partition coefficient (Wildman–Crippen LogP) is 0.165. The molecule has 1 aromatic heterocycles. The molecule has 0 aliphatic heterocycles. The quantitative estimate of drug-likeness (QED) is 0.528. The lowest BCUT2D eigenvalue weighted by Crippen LogP contribution is -2.35. The van der Waals surface area contributed by atoms with Gasteiger partial charge in [0, 0.05) is 12.5 Å². The first-order chi connectivity index (χ1) is 12.4. The minimum absolute atomic E-state index is 0.143. The van der Waals surface area contributed by atoms with Gasteiger partial charge in [0.05, 0.1) is 26.5 Å². The van der Waals surface area contributed by atoms with Crippen molar-refractivity contribution in [3.8, 4) is 11.5 Å². The number of carbonyl (C=O) groups excluding carboxylic acids is 1. The zero-order chi connectivity index (χ0) is 19.3. The number of nitrogens with zero attached hydrogens (tertiary/aromatic N) is 1. The summed E-state index contributed by atoms with van der Waals surface area (Å²) in [5.41, 5.74) is -1.72. The molecule has 1 heterocycles. The molecule has 0 bridgehead atoms. The van der Waals surface area contributed by atoms with E-state index < -0.39 is 29.3 Å². The van der Waals surface area contributed by atoms with Gasteiger partial charge in [0.15, 0.2) is 17.7 Å². The van der Waals surface area contributed by atoms with Gasteiger partial charge in [0.2, 0.25) is 5.82 Å². The minimum atomic E-state index is -1.18. The number of ether oxygens (including phenoxy) is 3. The predicted molar refractivity (Wildman–Crippen MR) is 86.8 cm³/mol. The number of H-pyrrole nitrogens is 1. The summed E-state index contributed by atoms with van der Waals surface area (Å²) in [5, 5.41) is 8.99. The van der Waals surface area contributed by atoms with Crippen LogP contribution in [0, 0.1) is 5.82 Å². The van der Waals surface area contributed by atoms with E-state index in [0.29, 0.717) is 11.8 Å². The van der Waals surface area contributed by atoms with Crippen molar-refractivity contribution < 1.29 is 28.5 Å². The van der Waals surface area contributed by atoms with Crippen molar-refractivity contribution in [2.24, 2.45) is 0 Å². The highest BCUT2D eigenvalue weighted by Crippen LogP contribution is 2.31. The lowest BCUT2D eigenvalue weighted by atomic mass is 10.1. The lowest BCUT2D eigenvalue weighted by Gasteiger charge is -2.21. The molecule has 2 N–H and O–H groups in total. The Labute approximate surface area is 146 Å². The number of aliphatic hydroxyl groups excluding tert-OH is 1. The summed E-state index contributed by atoms with van der Waals surface area (Å²) >= 11 is 0. The Morgan fingerprint density at radius 3 is 2.69 bits per heavy atom. The van der Waals surface area contributed by atoms with E-state index in [9.17, 15) is 18.8 Å². The van der Waals surface area contributed by atoms with Crippen molar-refractivity contribution in [1.29, 1.82) is 0 Å². The first-order valence-corrected chi connectivity index (χ1v) is 7.47. The van der Waals surface area contributed by atoms with Crippen LogP contribution in [0.2, 0.25) is 0 Å². The maximum absolute atomic E-state index is 13.6. The van der Waals surface area contributed by atoms with E-state index in [4.69, 9.17) is 19.3 Å². The highest BCUT2D eigenvalue weighted by atomic mass is 19.1. The molecule has 0 fully saturated rings. The van der Waals surface area contributed by atoms with E-state index in [1.165, 1.54) is 32.2 Å². The molecule has 0 saturated heterocycles. The van der Waals surface area contributed by atoms with E-state index >= 15 is 0 Å². The van der Waals surface area contributed by atoms with E-state index in [1.54, 1.807) is 0 Å². The van der Waals surface area contributed by atoms with Gasteiger partial charge in [-0.3, -0.25) is 19.1 Å². The Hall–Kier alpha value is -2.98. The molecule has 0 amide bonds. The fraction of sp³-hybridized carbons (Fsp3) is 0.312. The summed E-state index contributed by atoms with van der Waals surface area (Å²) in [6, 6.07) is 4.31. The average Bonchev–Trinajstić information content (AvgIpc) is 2.59. The van der Waals surface area contributed by atoms with Gasteiger partial charge in [-0.05, 0) is 12.1 Å². The number of rotatable bonds is 7. The third kappa shape index (κ3) is 4.35. The summed E-state index contributed by atoms with van der Waals surface area (Å²) in [6.07, 6.45) is -0.461. The Morgan fingerprint density at radius 2 is 2.08 bits per heavy atom. The number of carbonyl (C=O) groups is 1. The third-order valence-electron chi connectivity index (χ3n) is 3.27. The van der Waals surface area contributed by atoms with E-state index in [1.807, 2.05) is 4.98 Å². The Balaban J connectivity index is 2.54. The molecular weight excluding hydrogens is 351 g/mol. The SMILES string of the molecule is COc1cc(C(OCCO)n2cc(F)c(=O)[nH]c2=O)ccc1OC(C)=O. The number of nitrogens with one attached hydrogen (secondary N) is 1. The molecule has 2 aromatic rings. The Bertz CT molecular complexity index is 906. The van der Waals surface area contributed by atoms with Crippen molar-refractivity contribution in [2.45, 2.75) is 13.2 Å². The molecule has 0 saturated carbocycles. The lowest BCUT2D eigenvalue weighted by molar-refractivity contribution is -0.132. The first-order valence-electron chi connectivity index (χ1n) is 7.47. The van der Waals surface area contributed by atoms with Crippen molar-refractivity contribution in [3.63, 3.8) is 0 Å². The first kappa shape index (κ1) is 19.3. The number of benzene rings is 1. The number of hydrogen-bond donors (Lipinski definition) is 2. The Morgan fingerprint density at radius 1 is 1.35 bits per heavy atom. The summed E-state index contributed by atoms with van der Waals surface area (Å²) < 4.78 is 30.0. The van der Waals surface area contributed by atoms with Crippen LogP contribution in [0.4, 0.5) is 4.39 Å². The molecule has 1 unspecified atom stereocenters. The minimum Gasteiger partial charge on any atom is -0.493 e. The second kappa shape index (κ2) is 8.41. The number of aromatic amines is 1. The van der Waals surface area contributed by atoms with Crippen LogP contribution in [0.1, 0.15) is 18.7 Å². The molecule has 0 radical (unpaired) electrons. The number of hydrogen-bond acceptors (Lipinski definition) is 7. The van der Waals surface area contributed by atoms with Gasteiger partial charge in [-0.25, -0.2) is 4.79 Å². The van der Waals surface area contributed by atoms with Crippen LogP contribution in [-0.2, 0) is 9.53 Å². The monoisotopic (exact) mass is 368 g/mol. The van der Waals surface area contributed by atoms with E-state index in [2.05, 4.69) is 0 Å². The fourth-order valence-electron chi connectivity index (χ4n) is 2.21. The van der Waals surface area contributed by atoms with Crippen LogP contribution >= 0.6 is 0 Å². The van der Waals surface area contributed by atoms with Crippen LogP contribution in [0.15, 0.2) is 34.0 Å². The van der Waals surface area contributed by atoms with E-state index in [-0.39, 0.29) is 24.7 Å².